The number of hydrogen-bond acceptors (Lipinski definition) is 5. The summed E-state index contributed by atoms with van der Waals surface area (Å²) in [5, 5.41) is 11.6. The molecular weight excluding hydrogens is 440 g/mol. The molecule has 3 aromatic rings. The molecule has 1 fully saturated rings. The molecule has 2 heterocycles. The predicted octanol–water partition coefficient (Wildman–Crippen LogP) is 5.06. The number of aliphatic hydroxyl groups is 1. The molecule has 0 aliphatic carbocycles. The Morgan fingerprint density at radius 1 is 1.15 bits per heavy atom. The zero-order valence-corrected chi connectivity index (χ0v) is 19.0. The fourth-order valence-corrected chi connectivity index (χ4v) is 4.24. The maximum Gasteiger partial charge on any atom is 0.295 e. The Morgan fingerprint density at radius 3 is 2.64 bits per heavy atom. The van der Waals surface area contributed by atoms with Gasteiger partial charge in [0.2, 0.25) is 0 Å². The minimum atomic E-state index is -0.779. The Bertz CT molecular complexity index is 1240. The van der Waals surface area contributed by atoms with Crippen LogP contribution in [0.2, 0.25) is 5.02 Å². The number of ketones is 1. The fourth-order valence-electron chi connectivity index (χ4n) is 4.04. The van der Waals surface area contributed by atoms with Crippen molar-refractivity contribution in [2.45, 2.75) is 26.4 Å². The first-order valence-electron chi connectivity index (χ1n) is 10.6. The van der Waals surface area contributed by atoms with Crippen LogP contribution in [0.1, 0.15) is 35.2 Å². The van der Waals surface area contributed by atoms with Crippen LogP contribution in [0.3, 0.4) is 0 Å². The maximum atomic E-state index is 13.2. The van der Waals surface area contributed by atoms with E-state index in [0.717, 1.165) is 16.7 Å². The van der Waals surface area contributed by atoms with Crippen molar-refractivity contribution in [3.05, 3.63) is 99.8 Å². The summed E-state index contributed by atoms with van der Waals surface area (Å²) in [6.45, 7) is 4.35. The number of halogens is 1. The lowest BCUT2D eigenvalue weighted by Gasteiger charge is -2.26. The van der Waals surface area contributed by atoms with E-state index in [1.807, 2.05) is 44.2 Å². The van der Waals surface area contributed by atoms with Gasteiger partial charge in [-0.15, -0.1) is 0 Å². The summed E-state index contributed by atoms with van der Waals surface area (Å²) >= 11 is 6.38. The molecule has 1 aliphatic rings. The summed E-state index contributed by atoms with van der Waals surface area (Å²) in [4.78, 5) is 32.0. The van der Waals surface area contributed by atoms with Crippen LogP contribution in [-0.4, -0.2) is 33.3 Å². The molecule has 1 unspecified atom stereocenters. The van der Waals surface area contributed by atoms with E-state index in [9.17, 15) is 14.7 Å². The zero-order valence-electron chi connectivity index (χ0n) is 18.3. The van der Waals surface area contributed by atoms with Gasteiger partial charge in [-0.1, -0.05) is 41.9 Å². The first-order valence-corrected chi connectivity index (χ1v) is 11.0. The number of amides is 1. The van der Waals surface area contributed by atoms with E-state index in [2.05, 4.69) is 4.98 Å². The Morgan fingerprint density at radius 2 is 1.94 bits per heavy atom. The molecule has 0 spiro atoms. The van der Waals surface area contributed by atoms with Gasteiger partial charge in [-0.2, -0.15) is 0 Å². The highest BCUT2D eigenvalue weighted by molar-refractivity contribution is 6.47. The number of benzene rings is 2. The standard InChI is InChI=1S/C26H23ClN2O4/c1-3-33-18-10-11-21(27)20(13-18)24(30)22-23(19-9-5-4-7-16(19)2)29(26(32)25(22)31)15-17-8-6-12-28-14-17/h4-14,23,30H,3,15H2,1-2H3/b24-22+. The van der Waals surface area contributed by atoms with Crippen LogP contribution in [0, 0.1) is 6.92 Å². The van der Waals surface area contributed by atoms with Gasteiger partial charge in [0.1, 0.15) is 11.5 Å². The molecule has 1 N–H and O–H groups in total. The van der Waals surface area contributed by atoms with Gasteiger partial charge in [0.15, 0.2) is 0 Å². The van der Waals surface area contributed by atoms with Crippen molar-refractivity contribution in [2.75, 3.05) is 6.61 Å². The highest BCUT2D eigenvalue weighted by Gasteiger charge is 2.46. The first kappa shape index (κ1) is 22.6. The highest BCUT2D eigenvalue weighted by Crippen LogP contribution is 2.42. The van der Waals surface area contributed by atoms with E-state index in [1.165, 1.54) is 4.90 Å². The summed E-state index contributed by atoms with van der Waals surface area (Å²) in [6, 6.07) is 15.2. The number of nitrogens with zero attached hydrogens (tertiary/aromatic N) is 2. The average molecular weight is 463 g/mol. The second kappa shape index (κ2) is 9.46. The van der Waals surface area contributed by atoms with Crippen LogP contribution in [0.4, 0.5) is 0 Å². The van der Waals surface area contributed by atoms with E-state index >= 15 is 0 Å². The average Bonchev–Trinajstić information content (AvgIpc) is 3.06. The lowest BCUT2D eigenvalue weighted by atomic mass is 9.92. The van der Waals surface area contributed by atoms with Gasteiger partial charge in [-0.25, -0.2) is 0 Å². The second-order valence-corrected chi connectivity index (χ2v) is 8.13. The van der Waals surface area contributed by atoms with Crippen molar-refractivity contribution in [3.8, 4) is 5.75 Å². The minimum absolute atomic E-state index is 0.00580. The van der Waals surface area contributed by atoms with E-state index in [4.69, 9.17) is 16.3 Å². The number of likely N-dealkylation sites (tertiary alicyclic amines) is 1. The number of aromatic nitrogens is 1. The smallest absolute Gasteiger partial charge is 0.295 e. The third-order valence-corrected chi connectivity index (χ3v) is 5.93. The predicted molar refractivity (Wildman–Crippen MR) is 126 cm³/mol. The number of hydrogen-bond donors (Lipinski definition) is 1. The third-order valence-electron chi connectivity index (χ3n) is 5.60. The topological polar surface area (TPSA) is 79.7 Å². The monoisotopic (exact) mass is 462 g/mol. The van der Waals surface area contributed by atoms with Gasteiger partial charge in [-0.3, -0.25) is 14.6 Å². The Balaban J connectivity index is 1.90. The molecule has 7 heteroatoms. The molecule has 33 heavy (non-hydrogen) atoms. The molecule has 1 aromatic heterocycles. The van der Waals surface area contributed by atoms with E-state index in [-0.39, 0.29) is 28.5 Å². The molecule has 0 bridgehead atoms. The van der Waals surface area contributed by atoms with Gasteiger partial charge in [0, 0.05) is 24.5 Å². The molecule has 1 saturated heterocycles. The SMILES string of the molecule is CCOc1ccc(Cl)c(/C(O)=C2\C(=O)C(=O)N(Cc3cccnc3)C2c2ccccc2C)c1. The van der Waals surface area contributed by atoms with E-state index in [1.54, 1.807) is 36.7 Å². The Labute approximate surface area is 197 Å². The van der Waals surface area contributed by atoms with Crippen molar-refractivity contribution in [1.29, 1.82) is 0 Å². The van der Waals surface area contributed by atoms with Crippen molar-refractivity contribution >= 4 is 29.1 Å². The first-order chi connectivity index (χ1) is 15.9. The Kier molecular flexibility index (Phi) is 6.47. The zero-order chi connectivity index (χ0) is 23.5. The van der Waals surface area contributed by atoms with Crippen molar-refractivity contribution < 1.29 is 19.4 Å². The molecule has 2 aromatic carbocycles. The van der Waals surface area contributed by atoms with Crippen LogP contribution in [-0.2, 0) is 16.1 Å². The normalized spacial score (nSPS) is 17.4. The van der Waals surface area contributed by atoms with Gasteiger partial charge in [0.05, 0.1) is 23.2 Å². The van der Waals surface area contributed by atoms with Crippen LogP contribution in [0.15, 0.2) is 72.6 Å². The van der Waals surface area contributed by atoms with Crippen LogP contribution < -0.4 is 4.74 Å². The number of aliphatic hydroxyl groups excluding tert-OH is 1. The minimum Gasteiger partial charge on any atom is -0.507 e. The molecule has 1 atom stereocenters. The molecule has 0 saturated carbocycles. The number of aryl methyl sites for hydroxylation is 1. The molecule has 1 aliphatic heterocycles. The largest absolute Gasteiger partial charge is 0.507 e. The van der Waals surface area contributed by atoms with Gasteiger partial charge in [0.25, 0.3) is 11.7 Å². The number of rotatable bonds is 6. The molecular formula is C26H23ClN2O4. The number of carbonyl (C=O) groups is 2. The van der Waals surface area contributed by atoms with E-state index in [0.29, 0.717) is 12.4 Å². The van der Waals surface area contributed by atoms with Crippen LogP contribution in [0.5, 0.6) is 5.75 Å². The Hall–Kier alpha value is -3.64. The summed E-state index contributed by atoms with van der Waals surface area (Å²) < 4.78 is 5.53. The van der Waals surface area contributed by atoms with Crippen molar-refractivity contribution in [3.63, 3.8) is 0 Å². The molecule has 1 amide bonds. The second-order valence-electron chi connectivity index (χ2n) is 7.72. The van der Waals surface area contributed by atoms with Gasteiger partial charge >= 0.3 is 0 Å². The number of Topliss-reactive ketones (excluding diaryl/α,β-unsaturated/α-hetero) is 1. The number of ether oxygens (including phenoxy) is 1. The van der Waals surface area contributed by atoms with Crippen molar-refractivity contribution in [2.24, 2.45) is 0 Å². The summed E-state index contributed by atoms with van der Waals surface area (Å²) in [6.07, 6.45) is 3.29. The molecule has 4 rings (SSSR count). The van der Waals surface area contributed by atoms with Crippen molar-refractivity contribution in [1.82, 2.24) is 9.88 Å². The fraction of sp³-hybridized carbons (Fsp3) is 0.192. The molecule has 0 radical (unpaired) electrons. The van der Waals surface area contributed by atoms with Crippen LogP contribution in [0.25, 0.3) is 5.76 Å². The number of carbonyl (C=O) groups excluding carboxylic acids is 2. The quantitative estimate of drug-likeness (QED) is 0.314. The summed E-state index contributed by atoms with van der Waals surface area (Å²) in [5.41, 5.74) is 2.64. The highest BCUT2D eigenvalue weighted by atomic mass is 35.5. The molecule has 6 nitrogen and oxygen atoms in total. The summed E-state index contributed by atoms with van der Waals surface area (Å²) in [7, 11) is 0. The van der Waals surface area contributed by atoms with Gasteiger partial charge < -0.3 is 14.7 Å². The van der Waals surface area contributed by atoms with Crippen LogP contribution >= 0.6 is 11.6 Å². The van der Waals surface area contributed by atoms with E-state index < -0.39 is 17.7 Å². The third kappa shape index (κ3) is 4.34. The lowest BCUT2D eigenvalue weighted by molar-refractivity contribution is -0.140. The molecule has 168 valence electrons. The maximum absolute atomic E-state index is 13.2. The summed E-state index contributed by atoms with van der Waals surface area (Å²) in [5.74, 6) is -1.28. The number of pyridine rings is 1. The van der Waals surface area contributed by atoms with Gasteiger partial charge in [-0.05, 0) is 54.8 Å². The lowest BCUT2D eigenvalue weighted by Crippen LogP contribution is -2.29.